The van der Waals surface area contributed by atoms with Gasteiger partial charge in [-0.25, -0.2) is 4.98 Å². The van der Waals surface area contributed by atoms with Crippen LogP contribution in [0.4, 0.5) is 0 Å². The van der Waals surface area contributed by atoms with E-state index in [9.17, 15) is 4.79 Å². The Hall–Kier alpha value is -1.84. The normalized spacial score (nSPS) is 10.6. The standard InChI is InChI=1S/C12H15N3O/c1-9-7-11(8-16)10(2)15(9)6-3-12-13-4-5-14-12/h4-5,7-8H,3,6H2,1-2H3,(H,13,14). The van der Waals surface area contributed by atoms with Crippen molar-refractivity contribution in [3.8, 4) is 0 Å². The van der Waals surface area contributed by atoms with Crippen molar-refractivity contribution in [2.75, 3.05) is 0 Å². The molecule has 0 aromatic carbocycles. The predicted molar refractivity (Wildman–Crippen MR) is 61.6 cm³/mol. The number of imidazole rings is 1. The van der Waals surface area contributed by atoms with E-state index >= 15 is 0 Å². The van der Waals surface area contributed by atoms with Crippen molar-refractivity contribution in [3.63, 3.8) is 0 Å². The van der Waals surface area contributed by atoms with Crippen molar-refractivity contribution in [1.29, 1.82) is 0 Å². The summed E-state index contributed by atoms with van der Waals surface area (Å²) >= 11 is 0. The number of aromatic amines is 1. The monoisotopic (exact) mass is 217 g/mol. The molecule has 2 rings (SSSR count). The summed E-state index contributed by atoms with van der Waals surface area (Å²) in [5, 5.41) is 0. The lowest BCUT2D eigenvalue weighted by atomic mass is 10.3. The Labute approximate surface area is 94.3 Å². The second-order valence-corrected chi connectivity index (χ2v) is 3.88. The Bertz CT molecular complexity index is 483. The highest BCUT2D eigenvalue weighted by Crippen LogP contribution is 2.13. The number of rotatable bonds is 4. The fourth-order valence-electron chi connectivity index (χ4n) is 1.94. The second kappa shape index (κ2) is 4.35. The van der Waals surface area contributed by atoms with Crippen LogP contribution in [0.2, 0.25) is 0 Å². The highest BCUT2D eigenvalue weighted by atomic mass is 16.1. The van der Waals surface area contributed by atoms with Crippen LogP contribution in [0.15, 0.2) is 18.5 Å². The summed E-state index contributed by atoms with van der Waals surface area (Å²) < 4.78 is 2.15. The Balaban J connectivity index is 2.15. The number of nitrogens with zero attached hydrogens (tertiary/aromatic N) is 2. The minimum absolute atomic E-state index is 0.775. The summed E-state index contributed by atoms with van der Waals surface area (Å²) in [6, 6.07) is 1.92. The molecule has 0 bridgehead atoms. The van der Waals surface area contributed by atoms with Gasteiger partial charge in [0.2, 0.25) is 0 Å². The quantitative estimate of drug-likeness (QED) is 0.795. The minimum atomic E-state index is 0.775. The highest BCUT2D eigenvalue weighted by molar-refractivity contribution is 5.77. The van der Waals surface area contributed by atoms with Crippen molar-refractivity contribution >= 4 is 6.29 Å². The third-order valence-corrected chi connectivity index (χ3v) is 2.87. The number of aromatic nitrogens is 3. The Morgan fingerprint density at radius 2 is 2.31 bits per heavy atom. The van der Waals surface area contributed by atoms with Crippen LogP contribution in [0.25, 0.3) is 0 Å². The van der Waals surface area contributed by atoms with E-state index in [4.69, 9.17) is 0 Å². The van der Waals surface area contributed by atoms with Gasteiger partial charge in [-0.1, -0.05) is 0 Å². The van der Waals surface area contributed by atoms with Crippen LogP contribution in [0.1, 0.15) is 27.6 Å². The van der Waals surface area contributed by atoms with Crippen LogP contribution in [0.5, 0.6) is 0 Å². The summed E-state index contributed by atoms with van der Waals surface area (Å²) in [5.41, 5.74) is 2.92. The maximum Gasteiger partial charge on any atom is 0.151 e. The van der Waals surface area contributed by atoms with E-state index < -0.39 is 0 Å². The van der Waals surface area contributed by atoms with Gasteiger partial charge in [0.05, 0.1) is 0 Å². The van der Waals surface area contributed by atoms with Gasteiger partial charge in [0.15, 0.2) is 6.29 Å². The van der Waals surface area contributed by atoms with Crippen molar-refractivity contribution in [2.45, 2.75) is 26.8 Å². The average molecular weight is 217 g/mol. The lowest BCUT2D eigenvalue weighted by Gasteiger charge is -2.07. The second-order valence-electron chi connectivity index (χ2n) is 3.88. The van der Waals surface area contributed by atoms with Crippen molar-refractivity contribution < 1.29 is 4.79 Å². The molecule has 0 unspecified atom stereocenters. The summed E-state index contributed by atoms with van der Waals surface area (Å²) in [4.78, 5) is 18.0. The molecular formula is C12H15N3O. The maximum atomic E-state index is 10.8. The molecule has 0 amide bonds. The summed E-state index contributed by atoms with van der Waals surface area (Å²) in [6.07, 6.45) is 5.33. The number of aryl methyl sites for hydroxylation is 2. The topological polar surface area (TPSA) is 50.7 Å². The summed E-state index contributed by atoms with van der Waals surface area (Å²) in [7, 11) is 0. The minimum Gasteiger partial charge on any atom is -0.349 e. The van der Waals surface area contributed by atoms with E-state index in [2.05, 4.69) is 14.5 Å². The number of nitrogens with one attached hydrogen (secondary N) is 1. The number of hydrogen-bond acceptors (Lipinski definition) is 2. The molecule has 0 fully saturated rings. The molecule has 0 aliphatic heterocycles. The summed E-state index contributed by atoms with van der Waals surface area (Å²) in [5.74, 6) is 0.972. The predicted octanol–water partition coefficient (Wildman–Crippen LogP) is 1.88. The molecule has 0 saturated heterocycles. The van der Waals surface area contributed by atoms with E-state index in [0.29, 0.717) is 0 Å². The largest absolute Gasteiger partial charge is 0.349 e. The molecule has 2 aromatic heterocycles. The zero-order valence-corrected chi connectivity index (χ0v) is 9.53. The Kier molecular flexibility index (Phi) is 2.90. The van der Waals surface area contributed by atoms with Crippen LogP contribution in [0, 0.1) is 13.8 Å². The first-order valence-electron chi connectivity index (χ1n) is 5.32. The fraction of sp³-hybridized carbons (Fsp3) is 0.333. The zero-order chi connectivity index (χ0) is 11.5. The number of carbonyl (C=O) groups excluding carboxylic acids is 1. The van der Waals surface area contributed by atoms with E-state index in [1.165, 1.54) is 0 Å². The first-order chi connectivity index (χ1) is 7.72. The molecule has 16 heavy (non-hydrogen) atoms. The van der Waals surface area contributed by atoms with Crippen molar-refractivity contribution in [3.05, 3.63) is 41.2 Å². The molecule has 84 valence electrons. The number of aldehydes is 1. The number of H-pyrrole nitrogens is 1. The third kappa shape index (κ3) is 1.91. The summed E-state index contributed by atoms with van der Waals surface area (Å²) in [6.45, 7) is 4.83. The maximum absolute atomic E-state index is 10.8. The van der Waals surface area contributed by atoms with Crippen molar-refractivity contribution in [2.24, 2.45) is 0 Å². The molecule has 0 spiro atoms. The Morgan fingerprint density at radius 1 is 1.50 bits per heavy atom. The zero-order valence-electron chi connectivity index (χ0n) is 9.53. The smallest absolute Gasteiger partial charge is 0.151 e. The van der Waals surface area contributed by atoms with Gasteiger partial charge in [-0.2, -0.15) is 0 Å². The van der Waals surface area contributed by atoms with Gasteiger partial charge >= 0.3 is 0 Å². The number of carbonyl (C=O) groups is 1. The molecule has 0 radical (unpaired) electrons. The fourth-order valence-corrected chi connectivity index (χ4v) is 1.94. The van der Waals surface area contributed by atoms with Crippen LogP contribution in [-0.4, -0.2) is 20.8 Å². The molecule has 0 atom stereocenters. The Morgan fingerprint density at radius 3 is 2.88 bits per heavy atom. The molecule has 4 nitrogen and oxygen atoms in total. The first-order valence-corrected chi connectivity index (χ1v) is 5.32. The third-order valence-electron chi connectivity index (χ3n) is 2.87. The SMILES string of the molecule is Cc1cc(C=O)c(C)n1CCc1ncc[nH]1. The van der Waals surface area contributed by atoms with Gasteiger partial charge < -0.3 is 9.55 Å². The van der Waals surface area contributed by atoms with Gasteiger partial charge in [0.25, 0.3) is 0 Å². The van der Waals surface area contributed by atoms with Gasteiger partial charge in [0.1, 0.15) is 5.82 Å². The molecule has 1 N–H and O–H groups in total. The first kappa shape index (κ1) is 10.7. The van der Waals surface area contributed by atoms with Gasteiger partial charge in [-0.3, -0.25) is 4.79 Å². The molecular weight excluding hydrogens is 202 g/mol. The van der Waals surface area contributed by atoms with E-state index in [1.807, 2.05) is 26.1 Å². The number of hydrogen-bond donors (Lipinski definition) is 1. The van der Waals surface area contributed by atoms with Crippen LogP contribution < -0.4 is 0 Å². The lowest BCUT2D eigenvalue weighted by molar-refractivity contribution is 0.112. The van der Waals surface area contributed by atoms with Gasteiger partial charge in [0, 0.05) is 42.3 Å². The van der Waals surface area contributed by atoms with Crippen LogP contribution in [0.3, 0.4) is 0 Å². The lowest BCUT2D eigenvalue weighted by Crippen LogP contribution is -2.06. The van der Waals surface area contributed by atoms with Gasteiger partial charge in [-0.15, -0.1) is 0 Å². The van der Waals surface area contributed by atoms with E-state index in [-0.39, 0.29) is 0 Å². The van der Waals surface area contributed by atoms with Crippen molar-refractivity contribution in [1.82, 2.24) is 14.5 Å². The highest BCUT2D eigenvalue weighted by Gasteiger charge is 2.08. The molecule has 4 heteroatoms. The van der Waals surface area contributed by atoms with Gasteiger partial charge in [-0.05, 0) is 19.9 Å². The molecule has 0 aliphatic carbocycles. The van der Waals surface area contributed by atoms with Crippen LogP contribution >= 0.6 is 0 Å². The average Bonchev–Trinajstić information content (AvgIpc) is 2.86. The molecule has 2 aromatic rings. The van der Waals surface area contributed by atoms with E-state index in [1.54, 1.807) is 6.20 Å². The molecule has 0 saturated carbocycles. The van der Waals surface area contributed by atoms with E-state index in [0.717, 1.165) is 42.0 Å². The van der Waals surface area contributed by atoms with Crippen LogP contribution in [-0.2, 0) is 13.0 Å². The molecule has 0 aliphatic rings. The molecule has 2 heterocycles.